The fourth-order valence-corrected chi connectivity index (χ4v) is 2.21. The molecule has 0 aromatic carbocycles. The predicted molar refractivity (Wildman–Crippen MR) is 54.9 cm³/mol. The summed E-state index contributed by atoms with van der Waals surface area (Å²) >= 11 is 2.98. The highest BCUT2D eigenvalue weighted by atomic mass is 32.2. The first-order chi connectivity index (χ1) is 6.33. The Labute approximate surface area is 84.9 Å². The van der Waals surface area contributed by atoms with E-state index in [0.717, 1.165) is 10.1 Å². The Morgan fingerprint density at radius 2 is 2.23 bits per heavy atom. The van der Waals surface area contributed by atoms with E-state index < -0.39 is 0 Å². The molecule has 13 heavy (non-hydrogen) atoms. The minimum atomic E-state index is 0.505. The Hall–Kier alpha value is -0.370. The van der Waals surface area contributed by atoms with Gasteiger partial charge in [0.15, 0.2) is 4.34 Å². The number of anilines is 1. The number of thioether (sulfide) groups is 1. The molecule has 0 atom stereocenters. The molecule has 0 unspecified atom stereocenters. The summed E-state index contributed by atoms with van der Waals surface area (Å²) in [5.41, 5.74) is 10.7. The van der Waals surface area contributed by atoms with Crippen molar-refractivity contribution in [2.45, 2.75) is 4.34 Å². The number of nitrogens with two attached hydrogens (primary N) is 2. The number of rotatable bonds is 6. The molecule has 0 aliphatic heterocycles. The topological polar surface area (TPSA) is 87.0 Å². The van der Waals surface area contributed by atoms with Crippen LogP contribution in [0, 0.1) is 0 Å². The van der Waals surface area contributed by atoms with E-state index in [9.17, 15) is 0 Å². The molecule has 4 N–H and O–H groups in total. The van der Waals surface area contributed by atoms with Gasteiger partial charge < -0.3 is 16.2 Å². The second-order valence-corrected chi connectivity index (χ2v) is 4.51. The van der Waals surface area contributed by atoms with Gasteiger partial charge in [0, 0.05) is 12.3 Å². The Morgan fingerprint density at radius 1 is 1.38 bits per heavy atom. The van der Waals surface area contributed by atoms with Gasteiger partial charge in [0.25, 0.3) is 0 Å². The summed E-state index contributed by atoms with van der Waals surface area (Å²) in [6, 6.07) is 0. The molecule has 1 heterocycles. The van der Waals surface area contributed by atoms with Gasteiger partial charge in [0.2, 0.25) is 5.13 Å². The SMILES string of the molecule is NCCOCCSc1nnc(N)s1. The average Bonchev–Trinajstić information content (AvgIpc) is 2.51. The summed E-state index contributed by atoms with van der Waals surface area (Å²) in [4.78, 5) is 0. The molecule has 1 aromatic heterocycles. The molecule has 0 bridgehead atoms. The van der Waals surface area contributed by atoms with Crippen molar-refractivity contribution >= 4 is 28.2 Å². The number of hydrogen-bond acceptors (Lipinski definition) is 7. The summed E-state index contributed by atoms with van der Waals surface area (Å²) < 4.78 is 6.07. The molecular weight excluding hydrogens is 208 g/mol. The van der Waals surface area contributed by atoms with E-state index in [-0.39, 0.29) is 0 Å². The lowest BCUT2D eigenvalue weighted by molar-refractivity contribution is 0.158. The second kappa shape index (κ2) is 6.14. The number of ether oxygens (including phenoxy) is 1. The predicted octanol–water partition coefficient (Wildman–Crippen LogP) is 0.188. The van der Waals surface area contributed by atoms with Crippen molar-refractivity contribution in [1.29, 1.82) is 0 Å². The summed E-state index contributed by atoms with van der Waals surface area (Å²) in [5.74, 6) is 0.856. The second-order valence-electron chi connectivity index (χ2n) is 2.16. The molecule has 74 valence electrons. The van der Waals surface area contributed by atoms with Crippen LogP contribution in [0.5, 0.6) is 0 Å². The molecule has 5 nitrogen and oxygen atoms in total. The minimum absolute atomic E-state index is 0.505. The van der Waals surface area contributed by atoms with E-state index >= 15 is 0 Å². The average molecular weight is 220 g/mol. The van der Waals surface area contributed by atoms with Gasteiger partial charge in [-0.05, 0) is 0 Å². The van der Waals surface area contributed by atoms with Crippen LogP contribution in [0.3, 0.4) is 0 Å². The number of nitrogens with zero attached hydrogens (tertiary/aromatic N) is 2. The van der Waals surface area contributed by atoms with Gasteiger partial charge in [-0.15, -0.1) is 10.2 Å². The summed E-state index contributed by atoms with van der Waals surface area (Å²) in [6.45, 7) is 1.86. The van der Waals surface area contributed by atoms with Crippen LogP contribution >= 0.6 is 23.1 Å². The van der Waals surface area contributed by atoms with Crippen LogP contribution in [0.25, 0.3) is 0 Å². The highest BCUT2D eigenvalue weighted by Gasteiger charge is 2.00. The Balaban J connectivity index is 2.06. The van der Waals surface area contributed by atoms with Crippen molar-refractivity contribution in [2.24, 2.45) is 5.73 Å². The molecule has 0 saturated heterocycles. The van der Waals surface area contributed by atoms with Crippen LogP contribution < -0.4 is 11.5 Å². The highest BCUT2D eigenvalue weighted by molar-refractivity contribution is 8.01. The fourth-order valence-electron chi connectivity index (χ4n) is 0.652. The molecule has 7 heteroatoms. The monoisotopic (exact) mass is 220 g/mol. The van der Waals surface area contributed by atoms with Gasteiger partial charge in [-0.3, -0.25) is 0 Å². The van der Waals surface area contributed by atoms with Crippen molar-refractivity contribution in [1.82, 2.24) is 10.2 Å². The standard InChI is InChI=1S/C6H12N4OS2/c7-1-2-11-3-4-12-6-10-9-5(8)13-6/h1-4,7H2,(H2,8,9). The van der Waals surface area contributed by atoms with E-state index in [1.807, 2.05) is 0 Å². The first kappa shape index (κ1) is 10.7. The summed E-state index contributed by atoms with van der Waals surface area (Å²) in [7, 11) is 0. The zero-order valence-electron chi connectivity index (χ0n) is 7.10. The quantitative estimate of drug-likeness (QED) is 0.525. The molecule has 1 aromatic rings. The van der Waals surface area contributed by atoms with Crippen LogP contribution in [0.1, 0.15) is 0 Å². The van der Waals surface area contributed by atoms with Gasteiger partial charge in [-0.1, -0.05) is 23.1 Å². The summed E-state index contributed by atoms with van der Waals surface area (Å²) in [6.07, 6.45) is 0. The lowest BCUT2D eigenvalue weighted by atomic mass is 10.7. The lowest BCUT2D eigenvalue weighted by Gasteiger charge is -1.99. The molecule has 1 rings (SSSR count). The third kappa shape index (κ3) is 4.41. The first-order valence-electron chi connectivity index (χ1n) is 3.82. The molecule has 0 fully saturated rings. The maximum atomic E-state index is 5.41. The molecule has 0 aliphatic carbocycles. The van der Waals surface area contributed by atoms with Crippen molar-refractivity contribution in [3.05, 3.63) is 0 Å². The van der Waals surface area contributed by atoms with Crippen LogP contribution in [0.4, 0.5) is 5.13 Å². The number of nitrogen functional groups attached to an aromatic ring is 1. The largest absolute Gasteiger partial charge is 0.379 e. The van der Waals surface area contributed by atoms with E-state index in [2.05, 4.69) is 10.2 Å². The fraction of sp³-hybridized carbons (Fsp3) is 0.667. The maximum absolute atomic E-state index is 5.41. The van der Waals surface area contributed by atoms with Crippen LogP contribution in [0.2, 0.25) is 0 Å². The minimum Gasteiger partial charge on any atom is -0.379 e. The number of aromatic nitrogens is 2. The van der Waals surface area contributed by atoms with E-state index in [1.165, 1.54) is 11.3 Å². The van der Waals surface area contributed by atoms with Gasteiger partial charge >= 0.3 is 0 Å². The molecule has 0 amide bonds. The van der Waals surface area contributed by atoms with Gasteiger partial charge in [-0.25, -0.2) is 0 Å². The van der Waals surface area contributed by atoms with Crippen LogP contribution in [-0.2, 0) is 4.74 Å². The van der Waals surface area contributed by atoms with Crippen molar-refractivity contribution in [2.75, 3.05) is 31.2 Å². The molecular formula is C6H12N4OS2. The van der Waals surface area contributed by atoms with Crippen molar-refractivity contribution in [3.63, 3.8) is 0 Å². The molecule has 0 spiro atoms. The summed E-state index contributed by atoms with van der Waals surface area (Å²) in [5, 5.41) is 8.06. The Bertz CT molecular complexity index is 242. The van der Waals surface area contributed by atoms with E-state index in [0.29, 0.717) is 24.9 Å². The molecule has 0 aliphatic rings. The maximum Gasteiger partial charge on any atom is 0.203 e. The zero-order chi connectivity index (χ0) is 9.52. The van der Waals surface area contributed by atoms with Gasteiger partial charge in [0.1, 0.15) is 0 Å². The Morgan fingerprint density at radius 3 is 2.85 bits per heavy atom. The van der Waals surface area contributed by atoms with E-state index in [1.54, 1.807) is 11.8 Å². The first-order valence-corrected chi connectivity index (χ1v) is 5.62. The molecule has 0 radical (unpaired) electrons. The number of hydrogen-bond donors (Lipinski definition) is 2. The third-order valence-corrected chi connectivity index (χ3v) is 2.99. The van der Waals surface area contributed by atoms with Crippen molar-refractivity contribution < 1.29 is 4.74 Å². The molecule has 0 saturated carbocycles. The zero-order valence-corrected chi connectivity index (χ0v) is 8.74. The third-order valence-electron chi connectivity index (χ3n) is 1.14. The lowest BCUT2D eigenvalue weighted by Crippen LogP contribution is -2.09. The van der Waals surface area contributed by atoms with Gasteiger partial charge in [0.05, 0.1) is 13.2 Å². The smallest absolute Gasteiger partial charge is 0.203 e. The van der Waals surface area contributed by atoms with Gasteiger partial charge in [-0.2, -0.15) is 0 Å². The van der Waals surface area contributed by atoms with Crippen LogP contribution in [-0.4, -0.2) is 35.7 Å². The highest BCUT2D eigenvalue weighted by Crippen LogP contribution is 2.22. The van der Waals surface area contributed by atoms with E-state index in [4.69, 9.17) is 16.2 Å². The van der Waals surface area contributed by atoms with Crippen LogP contribution in [0.15, 0.2) is 4.34 Å². The normalized spacial score (nSPS) is 10.5. The van der Waals surface area contributed by atoms with Crippen molar-refractivity contribution in [3.8, 4) is 0 Å². The Kier molecular flexibility index (Phi) is 5.06.